The number of carbonyl (C=O) groups excluding carboxylic acids is 1. The normalized spacial score (nSPS) is 15.0. The Morgan fingerprint density at radius 3 is 1.58 bits per heavy atom. The van der Waals surface area contributed by atoms with E-state index >= 15 is 0 Å². The average Bonchev–Trinajstić information content (AvgIpc) is 3.13. The zero-order valence-corrected chi connectivity index (χ0v) is 37.0. The number of hydrogen-bond donors (Lipinski definition) is 3. The fourth-order valence-corrected chi connectivity index (χ4v) is 6.62. The highest BCUT2D eigenvalue weighted by atomic mass is 31.2. The van der Waals surface area contributed by atoms with Gasteiger partial charge < -0.3 is 19.8 Å². The molecule has 0 heterocycles. The van der Waals surface area contributed by atoms with Crippen LogP contribution in [0.25, 0.3) is 0 Å². The van der Waals surface area contributed by atoms with Gasteiger partial charge in [-0.25, -0.2) is 4.57 Å². The molecule has 8 nitrogen and oxygen atoms in total. The lowest BCUT2D eigenvalue weighted by atomic mass is 10.1. The monoisotopic (exact) mass is 794 g/mol. The molecule has 0 aliphatic rings. The van der Waals surface area contributed by atoms with Crippen LogP contribution in [0, 0.1) is 0 Å². The first kappa shape index (κ1) is 53.2. The molecule has 0 aromatic rings. The minimum absolute atomic E-state index is 0.0507. The van der Waals surface area contributed by atoms with Crippen molar-refractivity contribution in [3.05, 3.63) is 60.8 Å². The molecule has 0 bridgehead atoms. The molecule has 0 aromatic heterocycles. The summed E-state index contributed by atoms with van der Waals surface area (Å²) in [4.78, 5) is 23.1. The van der Waals surface area contributed by atoms with Crippen LogP contribution in [0.1, 0.15) is 174 Å². The second-order valence-corrected chi connectivity index (χ2v) is 17.5. The summed E-state index contributed by atoms with van der Waals surface area (Å²) in [5.41, 5.74) is 0. The van der Waals surface area contributed by atoms with Gasteiger partial charge in [0, 0.05) is 6.42 Å². The lowest BCUT2D eigenvalue weighted by Gasteiger charge is -2.25. The number of nitrogens with zero attached hydrogens (tertiary/aromatic N) is 1. The Bertz CT molecular complexity index is 1080. The second-order valence-electron chi connectivity index (χ2n) is 16.1. The van der Waals surface area contributed by atoms with Gasteiger partial charge >= 0.3 is 7.82 Å². The zero-order valence-electron chi connectivity index (χ0n) is 36.1. The molecule has 3 unspecified atom stereocenters. The van der Waals surface area contributed by atoms with Crippen molar-refractivity contribution in [1.29, 1.82) is 0 Å². The van der Waals surface area contributed by atoms with Gasteiger partial charge in [0.05, 0.1) is 39.9 Å². The highest BCUT2D eigenvalue weighted by molar-refractivity contribution is 7.47. The molecule has 0 rings (SSSR count). The molecule has 9 heteroatoms. The van der Waals surface area contributed by atoms with E-state index in [9.17, 15) is 19.4 Å². The number of carbonyl (C=O) groups is 1. The number of likely N-dealkylation sites (N-methyl/N-ethyl adjacent to an activating group) is 1. The zero-order chi connectivity index (χ0) is 40.7. The molecular weight excluding hydrogens is 707 g/mol. The van der Waals surface area contributed by atoms with E-state index < -0.39 is 20.0 Å². The summed E-state index contributed by atoms with van der Waals surface area (Å²) in [7, 11) is 1.53. The molecule has 0 fully saturated rings. The van der Waals surface area contributed by atoms with Gasteiger partial charge in [0.25, 0.3) is 0 Å². The van der Waals surface area contributed by atoms with Gasteiger partial charge in [-0.2, -0.15) is 0 Å². The van der Waals surface area contributed by atoms with Crippen molar-refractivity contribution in [3.8, 4) is 0 Å². The quantitative estimate of drug-likeness (QED) is 0.0248. The number of aliphatic hydroxyl groups excluding tert-OH is 1. The summed E-state index contributed by atoms with van der Waals surface area (Å²) >= 11 is 0. The van der Waals surface area contributed by atoms with Crippen molar-refractivity contribution in [3.63, 3.8) is 0 Å². The Morgan fingerprint density at radius 1 is 0.618 bits per heavy atom. The minimum atomic E-state index is -4.35. The molecule has 0 aliphatic heterocycles. The lowest BCUT2D eigenvalue weighted by Crippen LogP contribution is -2.45. The van der Waals surface area contributed by atoms with Gasteiger partial charge in [-0.15, -0.1) is 0 Å². The maximum atomic E-state index is 12.8. The van der Waals surface area contributed by atoms with E-state index in [4.69, 9.17) is 9.05 Å². The number of phosphoric ester groups is 1. The predicted molar refractivity (Wildman–Crippen MR) is 235 cm³/mol. The number of aliphatic hydroxyl groups is 1. The number of unbranched alkanes of at least 4 members (excludes halogenated alkanes) is 18. The smallest absolute Gasteiger partial charge is 0.387 e. The SMILES string of the molecule is CCCCCCC/C=C\C/C=C\C/C=C\CCCCCCCCC(=O)NC(COP(=O)(O)OCC[N+](C)(C)C)C(O)/C=C/CC/C=C/CCCCCCCC. The third-order valence-electron chi connectivity index (χ3n) is 9.46. The highest BCUT2D eigenvalue weighted by Crippen LogP contribution is 2.43. The number of phosphoric acid groups is 1. The van der Waals surface area contributed by atoms with Crippen LogP contribution in [0.2, 0.25) is 0 Å². The average molecular weight is 794 g/mol. The first-order valence-corrected chi connectivity index (χ1v) is 23.7. The van der Waals surface area contributed by atoms with E-state index in [-0.39, 0.29) is 19.1 Å². The molecule has 0 aliphatic carbocycles. The Kier molecular flexibility index (Phi) is 36.5. The maximum absolute atomic E-state index is 12.8. The number of amides is 1. The third-order valence-corrected chi connectivity index (χ3v) is 10.4. The topological polar surface area (TPSA) is 105 Å². The van der Waals surface area contributed by atoms with Gasteiger partial charge in [0.1, 0.15) is 13.2 Å². The van der Waals surface area contributed by atoms with Crippen LogP contribution < -0.4 is 5.32 Å². The van der Waals surface area contributed by atoms with Crippen LogP contribution in [0.15, 0.2) is 60.8 Å². The molecule has 3 atom stereocenters. The van der Waals surface area contributed by atoms with Gasteiger partial charge in [0.15, 0.2) is 0 Å². The largest absolute Gasteiger partial charge is 0.472 e. The molecule has 3 N–H and O–H groups in total. The number of rotatable bonds is 39. The first-order chi connectivity index (χ1) is 26.5. The fraction of sp³-hybridized carbons (Fsp3) is 0.761. The number of nitrogens with one attached hydrogen (secondary N) is 1. The van der Waals surface area contributed by atoms with Crippen molar-refractivity contribution in [1.82, 2.24) is 5.32 Å². The van der Waals surface area contributed by atoms with Gasteiger partial charge in [0.2, 0.25) is 5.91 Å². The lowest BCUT2D eigenvalue weighted by molar-refractivity contribution is -0.870. The second kappa shape index (κ2) is 37.8. The molecule has 320 valence electrons. The van der Waals surface area contributed by atoms with Gasteiger partial charge in [-0.3, -0.25) is 13.8 Å². The van der Waals surface area contributed by atoms with Crippen molar-refractivity contribution < 1.29 is 32.9 Å². The van der Waals surface area contributed by atoms with Crippen LogP contribution in [-0.4, -0.2) is 73.4 Å². The van der Waals surface area contributed by atoms with Crippen LogP contribution in [-0.2, 0) is 18.4 Å². The van der Waals surface area contributed by atoms with Crippen molar-refractivity contribution >= 4 is 13.7 Å². The van der Waals surface area contributed by atoms with Crippen LogP contribution >= 0.6 is 7.82 Å². The molecular formula is C46H86N2O6P+. The third kappa shape index (κ3) is 40.2. The molecule has 0 radical (unpaired) electrons. The standard InChI is InChI=1S/C46H85N2O6P/c1-6-8-10-12-14-16-18-20-21-22-23-24-25-26-27-28-30-32-34-36-38-40-46(50)47-44(43-54-55(51,52)53-42-41-48(3,4)5)45(49)39-37-35-33-31-29-19-17-15-13-11-9-7-2/h18,20,22-23,25-26,29,31,37,39,44-45,49H,6-17,19,21,24,27-28,30,32-36,38,40-43H2,1-5H3,(H-,47,50,51,52)/p+1/b20-18-,23-22-,26-25-,31-29+,39-37+. The summed E-state index contributed by atoms with van der Waals surface area (Å²) in [6.45, 7) is 4.73. The summed E-state index contributed by atoms with van der Waals surface area (Å²) < 4.78 is 23.5. The van der Waals surface area contributed by atoms with E-state index in [0.717, 1.165) is 64.2 Å². The maximum Gasteiger partial charge on any atom is 0.472 e. The van der Waals surface area contributed by atoms with E-state index in [0.29, 0.717) is 17.4 Å². The Hall–Kier alpha value is -1.80. The predicted octanol–water partition coefficient (Wildman–Crippen LogP) is 12.2. The van der Waals surface area contributed by atoms with E-state index in [1.54, 1.807) is 6.08 Å². The first-order valence-electron chi connectivity index (χ1n) is 22.2. The summed E-state index contributed by atoms with van der Waals surface area (Å²) in [5.74, 6) is -0.203. The fourth-order valence-electron chi connectivity index (χ4n) is 5.89. The number of quaternary nitrogens is 1. The highest BCUT2D eigenvalue weighted by Gasteiger charge is 2.27. The summed E-state index contributed by atoms with van der Waals surface area (Å²) in [5, 5.41) is 13.8. The molecule has 0 aromatic carbocycles. The molecule has 0 saturated carbocycles. The minimum Gasteiger partial charge on any atom is -0.387 e. The van der Waals surface area contributed by atoms with Crippen LogP contribution in [0.4, 0.5) is 0 Å². The molecule has 55 heavy (non-hydrogen) atoms. The number of allylic oxidation sites excluding steroid dienone is 9. The molecule has 0 saturated heterocycles. The van der Waals surface area contributed by atoms with Crippen LogP contribution in [0.3, 0.4) is 0 Å². The van der Waals surface area contributed by atoms with Crippen LogP contribution in [0.5, 0.6) is 0 Å². The Labute approximate surface area is 339 Å². The van der Waals surface area contributed by atoms with Gasteiger partial charge in [-0.05, 0) is 70.6 Å². The Balaban J connectivity index is 4.44. The number of hydrogen-bond acceptors (Lipinski definition) is 5. The van der Waals surface area contributed by atoms with Crippen molar-refractivity contribution in [2.24, 2.45) is 0 Å². The van der Waals surface area contributed by atoms with Crippen molar-refractivity contribution in [2.45, 2.75) is 187 Å². The van der Waals surface area contributed by atoms with E-state index in [1.807, 2.05) is 27.2 Å². The summed E-state index contributed by atoms with van der Waals surface area (Å²) in [6, 6.07) is -0.871. The molecule has 1 amide bonds. The van der Waals surface area contributed by atoms with Crippen molar-refractivity contribution in [2.75, 3.05) is 40.9 Å². The van der Waals surface area contributed by atoms with E-state index in [2.05, 4.69) is 67.8 Å². The molecule has 0 spiro atoms. The van der Waals surface area contributed by atoms with Gasteiger partial charge in [-0.1, -0.05) is 158 Å². The Morgan fingerprint density at radius 2 is 1.05 bits per heavy atom. The van der Waals surface area contributed by atoms with E-state index in [1.165, 1.54) is 89.9 Å². The summed E-state index contributed by atoms with van der Waals surface area (Å²) in [6.07, 6.45) is 48.6.